The Kier molecular flexibility index (Phi) is 5.31. The Bertz CT molecular complexity index is 1400. The van der Waals surface area contributed by atoms with Gasteiger partial charge in [-0.3, -0.25) is 9.69 Å². The molecule has 164 valence electrons. The van der Waals surface area contributed by atoms with Crippen molar-refractivity contribution in [3.05, 3.63) is 113 Å². The second-order valence-electron chi connectivity index (χ2n) is 8.58. The summed E-state index contributed by atoms with van der Waals surface area (Å²) >= 11 is 0. The van der Waals surface area contributed by atoms with Gasteiger partial charge in [0.25, 0.3) is 5.91 Å². The summed E-state index contributed by atoms with van der Waals surface area (Å²) < 4.78 is 2.18. The van der Waals surface area contributed by atoms with Crippen molar-refractivity contribution < 1.29 is 9.59 Å². The maximum atomic E-state index is 13.0. The van der Waals surface area contributed by atoms with Crippen molar-refractivity contribution in [2.24, 2.45) is 0 Å². The molecule has 0 radical (unpaired) electrons. The summed E-state index contributed by atoms with van der Waals surface area (Å²) in [5.41, 5.74) is 6.73. The lowest BCUT2D eigenvalue weighted by molar-refractivity contribution is -0.123. The second-order valence-corrected chi connectivity index (χ2v) is 8.58. The molecule has 5 rings (SSSR count). The first-order valence-electron chi connectivity index (χ1n) is 11.0. The zero-order chi connectivity index (χ0) is 22.9. The molecule has 1 aromatic heterocycles. The molecule has 1 aliphatic rings. The number of nitrogens with one attached hydrogen (secondary N) is 1. The standard InChI is InChI=1S/C28H25N3O2/c1-19-10-12-21(13-11-19)16-30-18-23(24-8-3-4-9-26(24)30)15-25-27(32)31(28(33)29-25)17-22-7-5-6-20(2)14-22/h3-15,18H,16-17H2,1-2H3,(H,29,33)/b25-15+. The average Bonchev–Trinajstić information content (AvgIpc) is 3.28. The molecule has 0 atom stereocenters. The van der Waals surface area contributed by atoms with Crippen LogP contribution in [-0.2, 0) is 17.9 Å². The summed E-state index contributed by atoms with van der Waals surface area (Å²) in [6, 6.07) is 24.0. The molecular weight excluding hydrogens is 410 g/mol. The summed E-state index contributed by atoms with van der Waals surface area (Å²) in [6.07, 6.45) is 3.82. The highest BCUT2D eigenvalue weighted by Gasteiger charge is 2.33. The Hall–Kier alpha value is -4.12. The SMILES string of the molecule is Cc1ccc(Cn2cc(/C=C3/NC(=O)N(Cc4cccc(C)c4)C3=O)c3ccccc32)cc1. The fourth-order valence-electron chi connectivity index (χ4n) is 4.27. The van der Waals surface area contributed by atoms with Gasteiger partial charge < -0.3 is 9.88 Å². The fourth-order valence-corrected chi connectivity index (χ4v) is 4.27. The summed E-state index contributed by atoms with van der Waals surface area (Å²) in [7, 11) is 0. The van der Waals surface area contributed by atoms with Gasteiger partial charge in [0.05, 0.1) is 6.54 Å². The second kappa shape index (κ2) is 8.43. The minimum atomic E-state index is -0.392. The molecule has 0 unspecified atom stereocenters. The average molecular weight is 436 g/mol. The fraction of sp³-hybridized carbons (Fsp3) is 0.143. The van der Waals surface area contributed by atoms with E-state index in [9.17, 15) is 9.59 Å². The Balaban J connectivity index is 1.45. The molecule has 2 heterocycles. The molecule has 4 aromatic rings. The van der Waals surface area contributed by atoms with Crippen LogP contribution in [0.3, 0.4) is 0 Å². The molecule has 3 amide bonds. The molecule has 0 spiro atoms. The van der Waals surface area contributed by atoms with Crippen molar-refractivity contribution in [3.8, 4) is 0 Å². The number of rotatable bonds is 5. The van der Waals surface area contributed by atoms with Gasteiger partial charge in [-0.05, 0) is 37.1 Å². The van der Waals surface area contributed by atoms with Gasteiger partial charge in [0.2, 0.25) is 0 Å². The number of hydrogen-bond donors (Lipinski definition) is 1. The van der Waals surface area contributed by atoms with Gasteiger partial charge in [-0.25, -0.2) is 4.79 Å². The molecular formula is C28H25N3O2. The minimum Gasteiger partial charge on any atom is -0.342 e. The highest BCUT2D eigenvalue weighted by Crippen LogP contribution is 2.26. The van der Waals surface area contributed by atoms with Crippen LogP contribution >= 0.6 is 0 Å². The number of urea groups is 1. The van der Waals surface area contributed by atoms with E-state index in [1.165, 1.54) is 16.0 Å². The van der Waals surface area contributed by atoms with Crippen LogP contribution in [0.4, 0.5) is 4.79 Å². The van der Waals surface area contributed by atoms with Gasteiger partial charge in [-0.2, -0.15) is 0 Å². The van der Waals surface area contributed by atoms with Gasteiger partial charge in [0.15, 0.2) is 0 Å². The van der Waals surface area contributed by atoms with E-state index < -0.39 is 6.03 Å². The third-order valence-electron chi connectivity index (χ3n) is 5.98. The van der Waals surface area contributed by atoms with E-state index in [2.05, 4.69) is 47.1 Å². The minimum absolute atomic E-state index is 0.249. The zero-order valence-corrected chi connectivity index (χ0v) is 18.7. The van der Waals surface area contributed by atoms with Crippen LogP contribution in [-0.4, -0.2) is 21.4 Å². The quantitative estimate of drug-likeness (QED) is 0.337. The van der Waals surface area contributed by atoms with E-state index in [4.69, 9.17) is 0 Å². The van der Waals surface area contributed by atoms with Gasteiger partial charge >= 0.3 is 6.03 Å². The molecule has 3 aromatic carbocycles. The molecule has 0 aliphatic carbocycles. The van der Waals surface area contributed by atoms with Crippen LogP contribution < -0.4 is 5.32 Å². The van der Waals surface area contributed by atoms with E-state index in [0.717, 1.165) is 34.1 Å². The predicted molar refractivity (Wildman–Crippen MR) is 130 cm³/mol. The Morgan fingerprint density at radius 3 is 2.39 bits per heavy atom. The first-order chi connectivity index (χ1) is 16.0. The predicted octanol–water partition coefficient (Wildman–Crippen LogP) is 5.40. The lowest BCUT2D eigenvalue weighted by atomic mass is 10.1. The monoisotopic (exact) mass is 435 g/mol. The molecule has 0 bridgehead atoms. The van der Waals surface area contributed by atoms with Crippen LogP contribution in [0.2, 0.25) is 0 Å². The number of fused-ring (bicyclic) bond motifs is 1. The molecule has 1 N–H and O–H groups in total. The van der Waals surface area contributed by atoms with Crippen LogP contribution in [0.1, 0.15) is 27.8 Å². The number of imide groups is 1. The maximum Gasteiger partial charge on any atom is 0.329 e. The number of carbonyl (C=O) groups excluding carboxylic acids is 2. The highest BCUT2D eigenvalue weighted by atomic mass is 16.2. The van der Waals surface area contributed by atoms with E-state index in [0.29, 0.717) is 5.70 Å². The lowest BCUT2D eigenvalue weighted by Crippen LogP contribution is -2.30. The first kappa shape index (κ1) is 20.8. The lowest BCUT2D eigenvalue weighted by Gasteiger charge is -2.12. The van der Waals surface area contributed by atoms with Crippen LogP contribution in [0.15, 0.2) is 84.7 Å². The van der Waals surface area contributed by atoms with E-state index >= 15 is 0 Å². The summed E-state index contributed by atoms with van der Waals surface area (Å²) in [5, 5.41) is 3.79. The third kappa shape index (κ3) is 4.17. The van der Waals surface area contributed by atoms with E-state index in [-0.39, 0.29) is 12.5 Å². The van der Waals surface area contributed by atoms with Crippen molar-refractivity contribution in [1.29, 1.82) is 0 Å². The number of nitrogens with zero attached hydrogens (tertiary/aromatic N) is 2. The number of benzene rings is 3. The van der Waals surface area contributed by atoms with Crippen LogP contribution in [0.25, 0.3) is 17.0 Å². The van der Waals surface area contributed by atoms with Crippen molar-refractivity contribution in [2.45, 2.75) is 26.9 Å². The van der Waals surface area contributed by atoms with Gasteiger partial charge in [0.1, 0.15) is 5.70 Å². The van der Waals surface area contributed by atoms with Crippen molar-refractivity contribution in [3.63, 3.8) is 0 Å². The molecule has 1 aliphatic heterocycles. The topological polar surface area (TPSA) is 54.3 Å². The number of hydrogen-bond acceptors (Lipinski definition) is 2. The Morgan fingerprint density at radius 1 is 0.818 bits per heavy atom. The number of aryl methyl sites for hydroxylation is 2. The molecule has 33 heavy (non-hydrogen) atoms. The summed E-state index contributed by atoms with van der Waals surface area (Å²) in [4.78, 5) is 26.9. The van der Waals surface area contributed by atoms with Gasteiger partial charge in [0, 0.05) is 29.2 Å². The molecule has 5 heteroatoms. The van der Waals surface area contributed by atoms with Crippen molar-refractivity contribution in [2.75, 3.05) is 0 Å². The molecule has 1 fully saturated rings. The van der Waals surface area contributed by atoms with Crippen LogP contribution in [0.5, 0.6) is 0 Å². The highest BCUT2D eigenvalue weighted by molar-refractivity contribution is 6.14. The number of para-hydroxylation sites is 1. The molecule has 5 nitrogen and oxygen atoms in total. The van der Waals surface area contributed by atoms with E-state index in [1.807, 2.05) is 55.6 Å². The van der Waals surface area contributed by atoms with E-state index in [1.54, 1.807) is 6.08 Å². The maximum absolute atomic E-state index is 13.0. The van der Waals surface area contributed by atoms with Gasteiger partial charge in [-0.15, -0.1) is 0 Å². The number of carbonyl (C=O) groups is 2. The van der Waals surface area contributed by atoms with Crippen LogP contribution in [0, 0.1) is 13.8 Å². The van der Waals surface area contributed by atoms with Gasteiger partial charge in [-0.1, -0.05) is 77.9 Å². The summed E-state index contributed by atoms with van der Waals surface area (Å²) in [6.45, 7) is 5.05. The zero-order valence-electron chi connectivity index (χ0n) is 18.7. The van der Waals surface area contributed by atoms with Crippen molar-refractivity contribution >= 4 is 28.9 Å². The third-order valence-corrected chi connectivity index (χ3v) is 5.98. The Morgan fingerprint density at radius 2 is 1.61 bits per heavy atom. The first-order valence-corrected chi connectivity index (χ1v) is 11.0. The van der Waals surface area contributed by atoms with Crippen molar-refractivity contribution in [1.82, 2.24) is 14.8 Å². The molecule has 0 saturated carbocycles. The number of amides is 3. The normalized spacial score (nSPS) is 15.0. The largest absolute Gasteiger partial charge is 0.342 e. The smallest absolute Gasteiger partial charge is 0.329 e. The summed E-state index contributed by atoms with van der Waals surface area (Å²) in [5.74, 6) is -0.308. The molecule has 1 saturated heterocycles. The Labute approximate surface area is 193 Å². The number of aromatic nitrogens is 1.